The van der Waals surface area contributed by atoms with Gasteiger partial charge in [0.05, 0.1) is 11.2 Å². The SMILES string of the molecule is Cc1cc(NC(=O)CCSc2nc(N)cc(N)n2)c2ccccc2n1. The van der Waals surface area contributed by atoms with Gasteiger partial charge in [0, 0.05) is 29.3 Å². The predicted octanol–water partition coefficient (Wildman–Crippen LogP) is 2.62. The van der Waals surface area contributed by atoms with Gasteiger partial charge in [-0.15, -0.1) is 0 Å². The number of carbonyl (C=O) groups is 1. The number of benzene rings is 1. The van der Waals surface area contributed by atoms with Crippen LogP contribution in [0.15, 0.2) is 41.6 Å². The van der Waals surface area contributed by atoms with Gasteiger partial charge in [0.2, 0.25) is 5.91 Å². The molecule has 0 fully saturated rings. The van der Waals surface area contributed by atoms with Gasteiger partial charge < -0.3 is 16.8 Å². The van der Waals surface area contributed by atoms with E-state index in [1.54, 1.807) is 0 Å². The molecule has 25 heavy (non-hydrogen) atoms. The molecule has 0 atom stereocenters. The van der Waals surface area contributed by atoms with Crippen molar-refractivity contribution in [1.29, 1.82) is 0 Å². The molecular formula is C17H18N6OS. The highest BCUT2D eigenvalue weighted by atomic mass is 32.2. The van der Waals surface area contributed by atoms with Gasteiger partial charge in [-0.05, 0) is 19.1 Å². The van der Waals surface area contributed by atoms with Crippen LogP contribution in [-0.4, -0.2) is 26.6 Å². The Morgan fingerprint density at radius 3 is 2.60 bits per heavy atom. The van der Waals surface area contributed by atoms with Crippen molar-refractivity contribution < 1.29 is 4.79 Å². The number of aromatic nitrogens is 3. The number of rotatable bonds is 5. The summed E-state index contributed by atoms with van der Waals surface area (Å²) in [5, 5.41) is 4.34. The molecule has 3 aromatic rings. The van der Waals surface area contributed by atoms with E-state index < -0.39 is 0 Å². The maximum atomic E-state index is 12.3. The molecule has 5 N–H and O–H groups in total. The van der Waals surface area contributed by atoms with Crippen LogP contribution >= 0.6 is 11.8 Å². The number of hydrogen-bond acceptors (Lipinski definition) is 7. The molecule has 0 aliphatic carbocycles. The van der Waals surface area contributed by atoms with E-state index >= 15 is 0 Å². The molecule has 0 spiro atoms. The molecule has 128 valence electrons. The fraction of sp³-hybridized carbons (Fsp3) is 0.176. The Hall–Kier alpha value is -2.87. The highest BCUT2D eigenvalue weighted by molar-refractivity contribution is 7.99. The molecule has 3 rings (SSSR count). The predicted molar refractivity (Wildman–Crippen MR) is 101 cm³/mol. The molecule has 0 aliphatic rings. The van der Waals surface area contributed by atoms with E-state index in [1.165, 1.54) is 17.8 Å². The Morgan fingerprint density at radius 2 is 1.84 bits per heavy atom. The van der Waals surface area contributed by atoms with Crippen molar-refractivity contribution in [1.82, 2.24) is 15.0 Å². The zero-order valence-corrected chi connectivity index (χ0v) is 14.5. The average molecular weight is 354 g/mol. The van der Waals surface area contributed by atoms with E-state index in [0.717, 1.165) is 22.3 Å². The number of anilines is 3. The van der Waals surface area contributed by atoms with Gasteiger partial charge in [0.25, 0.3) is 0 Å². The summed E-state index contributed by atoms with van der Waals surface area (Å²) in [5.41, 5.74) is 13.7. The Labute approximate surface area is 149 Å². The molecule has 7 nitrogen and oxygen atoms in total. The standard InChI is InChI=1S/C17H18N6OS/c1-10-8-13(11-4-2-3-5-12(11)20-10)21-16(24)6-7-25-17-22-14(18)9-15(19)23-17/h2-5,8-9H,6-7H2,1H3,(H,20,21,24)(H4,18,19,22,23). The molecular weight excluding hydrogens is 336 g/mol. The zero-order valence-electron chi connectivity index (χ0n) is 13.7. The number of para-hydroxylation sites is 1. The van der Waals surface area contributed by atoms with Crippen molar-refractivity contribution in [2.75, 3.05) is 22.5 Å². The first kappa shape index (κ1) is 17.0. The smallest absolute Gasteiger partial charge is 0.225 e. The molecule has 0 radical (unpaired) electrons. The molecule has 8 heteroatoms. The second-order valence-corrected chi connectivity index (χ2v) is 6.54. The zero-order chi connectivity index (χ0) is 17.8. The minimum Gasteiger partial charge on any atom is -0.383 e. The van der Waals surface area contributed by atoms with Gasteiger partial charge in [0.15, 0.2) is 5.16 Å². The van der Waals surface area contributed by atoms with E-state index in [2.05, 4.69) is 20.3 Å². The van der Waals surface area contributed by atoms with E-state index in [1.807, 2.05) is 37.3 Å². The minimum atomic E-state index is -0.0832. The van der Waals surface area contributed by atoms with Crippen LogP contribution in [0.25, 0.3) is 10.9 Å². The van der Waals surface area contributed by atoms with E-state index in [4.69, 9.17) is 11.5 Å². The first-order chi connectivity index (χ1) is 12.0. The summed E-state index contributed by atoms with van der Waals surface area (Å²) in [6.45, 7) is 1.90. The average Bonchev–Trinajstić information content (AvgIpc) is 2.53. The number of amides is 1. The number of thioether (sulfide) groups is 1. The molecule has 0 unspecified atom stereocenters. The third-order valence-corrected chi connectivity index (χ3v) is 4.27. The van der Waals surface area contributed by atoms with Crippen molar-refractivity contribution in [3.63, 3.8) is 0 Å². The number of carbonyl (C=O) groups excluding carboxylic acids is 1. The summed E-state index contributed by atoms with van der Waals surface area (Å²) in [4.78, 5) is 24.9. The van der Waals surface area contributed by atoms with Gasteiger partial charge in [-0.25, -0.2) is 9.97 Å². The third kappa shape index (κ3) is 4.36. The van der Waals surface area contributed by atoms with Crippen LogP contribution in [0.2, 0.25) is 0 Å². The first-order valence-corrected chi connectivity index (χ1v) is 8.69. The Morgan fingerprint density at radius 1 is 1.12 bits per heavy atom. The number of aryl methyl sites for hydroxylation is 1. The number of nitrogens with one attached hydrogen (secondary N) is 1. The quantitative estimate of drug-likeness (QED) is 0.476. The fourth-order valence-corrected chi connectivity index (χ4v) is 3.20. The van der Waals surface area contributed by atoms with Crippen LogP contribution in [-0.2, 0) is 4.79 Å². The van der Waals surface area contributed by atoms with Crippen molar-refractivity contribution in [2.24, 2.45) is 0 Å². The molecule has 0 bridgehead atoms. The lowest BCUT2D eigenvalue weighted by Crippen LogP contribution is -2.13. The summed E-state index contributed by atoms with van der Waals surface area (Å²) in [6.07, 6.45) is 0.318. The van der Waals surface area contributed by atoms with Gasteiger partial charge in [-0.2, -0.15) is 0 Å². The molecule has 0 saturated heterocycles. The lowest BCUT2D eigenvalue weighted by atomic mass is 10.1. The summed E-state index contributed by atoms with van der Waals surface area (Å²) in [5.74, 6) is 1.08. The van der Waals surface area contributed by atoms with Crippen LogP contribution in [0.4, 0.5) is 17.3 Å². The molecule has 0 saturated carbocycles. The maximum Gasteiger partial charge on any atom is 0.225 e. The number of pyridine rings is 1. The Bertz CT molecular complexity index is 910. The monoisotopic (exact) mass is 354 g/mol. The molecule has 2 heterocycles. The highest BCUT2D eigenvalue weighted by Gasteiger charge is 2.09. The number of hydrogen-bond donors (Lipinski definition) is 3. The molecule has 1 aromatic carbocycles. The largest absolute Gasteiger partial charge is 0.383 e. The summed E-state index contributed by atoms with van der Waals surface area (Å²) >= 11 is 1.34. The normalized spacial score (nSPS) is 10.8. The van der Waals surface area contributed by atoms with Gasteiger partial charge in [0.1, 0.15) is 11.6 Å². The topological polar surface area (TPSA) is 120 Å². The van der Waals surface area contributed by atoms with E-state index in [-0.39, 0.29) is 5.91 Å². The summed E-state index contributed by atoms with van der Waals surface area (Å²) in [6, 6.07) is 11.1. The minimum absolute atomic E-state index is 0.0832. The lowest BCUT2D eigenvalue weighted by molar-refractivity contribution is -0.115. The van der Waals surface area contributed by atoms with Crippen LogP contribution in [0, 0.1) is 6.92 Å². The van der Waals surface area contributed by atoms with Crippen molar-refractivity contribution in [3.8, 4) is 0 Å². The number of nitrogen functional groups attached to an aromatic ring is 2. The van der Waals surface area contributed by atoms with Crippen LogP contribution in [0.1, 0.15) is 12.1 Å². The summed E-state index contributed by atoms with van der Waals surface area (Å²) < 4.78 is 0. The van der Waals surface area contributed by atoms with Gasteiger partial charge in [-0.3, -0.25) is 9.78 Å². The van der Waals surface area contributed by atoms with Gasteiger partial charge in [-0.1, -0.05) is 30.0 Å². The number of nitrogens with zero attached hydrogens (tertiary/aromatic N) is 3. The van der Waals surface area contributed by atoms with E-state index in [9.17, 15) is 4.79 Å². The Kier molecular flexibility index (Phi) is 4.99. The fourth-order valence-electron chi connectivity index (χ4n) is 2.39. The van der Waals surface area contributed by atoms with Crippen LogP contribution in [0.3, 0.4) is 0 Å². The Balaban J connectivity index is 1.63. The van der Waals surface area contributed by atoms with Crippen molar-refractivity contribution in [2.45, 2.75) is 18.5 Å². The summed E-state index contributed by atoms with van der Waals surface area (Å²) in [7, 11) is 0. The number of nitrogens with two attached hydrogens (primary N) is 2. The number of fused-ring (bicyclic) bond motifs is 1. The van der Waals surface area contributed by atoms with Crippen molar-refractivity contribution >= 4 is 45.9 Å². The van der Waals surface area contributed by atoms with Crippen LogP contribution < -0.4 is 16.8 Å². The lowest BCUT2D eigenvalue weighted by Gasteiger charge is -2.09. The second-order valence-electron chi connectivity index (χ2n) is 5.48. The van der Waals surface area contributed by atoms with E-state index in [0.29, 0.717) is 29.0 Å². The molecule has 2 aromatic heterocycles. The van der Waals surface area contributed by atoms with Crippen molar-refractivity contribution in [3.05, 3.63) is 42.1 Å². The molecule has 0 aliphatic heterocycles. The first-order valence-electron chi connectivity index (χ1n) is 7.70. The highest BCUT2D eigenvalue weighted by Crippen LogP contribution is 2.23. The maximum absolute atomic E-state index is 12.3. The molecule has 1 amide bonds. The second kappa shape index (κ2) is 7.35. The third-order valence-electron chi connectivity index (χ3n) is 3.42. The van der Waals surface area contributed by atoms with Gasteiger partial charge >= 0.3 is 0 Å². The van der Waals surface area contributed by atoms with Crippen LogP contribution in [0.5, 0.6) is 0 Å².